The lowest BCUT2D eigenvalue weighted by Crippen LogP contribution is -2.49. The Morgan fingerprint density at radius 3 is 2.89 bits per heavy atom. The van der Waals surface area contributed by atoms with Crippen molar-refractivity contribution in [1.82, 2.24) is 10.2 Å². The molecule has 0 saturated carbocycles. The van der Waals surface area contributed by atoms with Crippen LogP contribution in [-0.2, 0) is 0 Å². The quantitative estimate of drug-likeness (QED) is 0.877. The first-order chi connectivity index (χ1) is 8.56. The van der Waals surface area contributed by atoms with E-state index < -0.39 is 6.09 Å². The Hall–Kier alpha value is -1.27. The summed E-state index contributed by atoms with van der Waals surface area (Å²) in [5, 5.41) is 11.7. The van der Waals surface area contributed by atoms with Crippen LogP contribution in [0.5, 0.6) is 0 Å². The third-order valence-corrected chi connectivity index (χ3v) is 4.05. The first-order valence-electron chi connectivity index (χ1n) is 5.60. The van der Waals surface area contributed by atoms with Crippen molar-refractivity contribution >= 4 is 34.9 Å². The molecule has 1 saturated heterocycles. The molecule has 18 heavy (non-hydrogen) atoms. The molecule has 0 radical (unpaired) electrons. The van der Waals surface area contributed by atoms with E-state index in [0.717, 1.165) is 12.8 Å². The van der Waals surface area contributed by atoms with Gasteiger partial charge in [-0.1, -0.05) is 11.6 Å². The van der Waals surface area contributed by atoms with Gasteiger partial charge in [0.05, 0.1) is 9.21 Å². The van der Waals surface area contributed by atoms with Crippen LogP contribution in [0.2, 0.25) is 4.34 Å². The minimum absolute atomic E-state index is 0.122. The molecule has 0 spiro atoms. The molecule has 1 aliphatic rings. The van der Waals surface area contributed by atoms with E-state index in [1.54, 1.807) is 12.1 Å². The van der Waals surface area contributed by atoms with E-state index in [0.29, 0.717) is 22.3 Å². The summed E-state index contributed by atoms with van der Waals surface area (Å²) in [7, 11) is 0. The summed E-state index contributed by atoms with van der Waals surface area (Å²) < 4.78 is 0.566. The smallest absolute Gasteiger partial charge is 0.407 e. The van der Waals surface area contributed by atoms with Gasteiger partial charge in [0, 0.05) is 19.1 Å². The first kappa shape index (κ1) is 13.2. The Morgan fingerprint density at radius 1 is 1.50 bits per heavy atom. The van der Waals surface area contributed by atoms with Crippen LogP contribution in [0.3, 0.4) is 0 Å². The standard InChI is InChI=1S/C11H13ClN2O3S/c12-9-4-3-8(18-9)10(15)13-7-2-1-5-14(6-7)11(16)17/h3-4,7H,1-2,5-6H2,(H,13,15)(H,16,17). The normalized spacial score (nSPS) is 19.6. The molecule has 1 atom stereocenters. The van der Waals surface area contributed by atoms with Crippen LogP contribution in [-0.4, -0.2) is 41.1 Å². The van der Waals surface area contributed by atoms with Gasteiger partial charge in [0.2, 0.25) is 0 Å². The minimum atomic E-state index is -0.937. The number of nitrogens with one attached hydrogen (secondary N) is 1. The number of nitrogens with zero attached hydrogens (tertiary/aromatic N) is 1. The molecule has 7 heteroatoms. The van der Waals surface area contributed by atoms with Crippen LogP contribution in [0.4, 0.5) is 4.79 Å². The lowest BCUT2D eigenvalue weighted by Gasteiger charge is -2.31. The van der Waals surface area contributed by atoms with Crippen molar-refractivity contribution in [2.24, 2.45) is 0 Å². The Balaban J connectivity index is 1.93. The summed E-state index contributed by atoms with van der Waals surface area (Å²) in [6.45, 7) is 0.882. The Kier molecular flexibility index (Phi) is 4.08. The van der Waals surface area contributed by atoms with Gasteiger partial charge in [-0.2, -0.15) is 0 Å². The van der Waals surface area contributed by atoms with Crippen molar-refractivity contribution in [2.45, 2.75) is 18.9 Å². The number of likely N-dealkylation sites (tertiary alicyclic amines) is 1. The number of carboxylic acid groups (broad SMARTS) is 1. The first-order valence-corrected chi connectivity index (χ1v) is 6.80. The molecule has 2 N–H and O–H groups in total. The van der Waals surface area contributed by atoms with Crippen molar-refractivity contribution in [2.75, 3.05) is 13.1 Å². The average molecular weight is 289 g/mol. The number of piperidine rings is 1. The van der Waals surface area contributed by atoms with Gasteiger partial charge in [-0.15, -0.1) is 11.3 Å². The fourth-order valence-electron chi connectivity index (χ4n) is 1.96. The van der Waals surface area contributed by atoms with Gasteiger partial charge in [0.15, 0.2) is 0 Å². The zero-order chi connectivity index (χ0) is 13.1. The van der Waals surface area contributed by atoms with Crippen LogP contribution in [0.25, 0.3) is 0 Å². The highest BCUT2D eigenvalue weighted by atomic mass is 35.5. The molecule has 0 aliphatic carbocycles. The number of carbonyl (C=O) groups excluding carboxylic acids is 1. The third kappa shape index (κ3) is 3.14. The lowest BCUT2D eigenvalue weighted by molar-refractivity contribution is 0.0892. The SMILES string of the molecule is O=C(NC1CCCN(C(=O)O)C1)c1ccc(Cl)s1. The van der Waals surface area contributed by atoms with Crippen LogP contribution < -0.4 is 5.32 Å². The van der Waals surface area contributed by atoms with E-state index in [4.69, 9.17) is 16.7 Å². The van der Waals surface area contributed by atoms with Gasteiger partial charge < -0.3 is 15.3 Å². The third-order valence-electron chi connectivity index (χ3n) is 2.82. The number of amides is 2. The molecule has 1 aromatic heterocycles. The van der Waals surface area contributed by atoms with E-state index in [2.05, 4.69) is 5.32 Å². The molecule has 1 fully saturated rings. The molecule has 2 amide bonds. The highest BCUT2D eigenvalue weighted by Gasteiger charge is 2.24. The van der Waals surface area contributed by atoms with Crippen molar-refractivity contribution in [3.8, 4) is 0 Å². The second-order valence-corrected chi connectivity index (χ2v) is 5.86. The average Bonchev–Trinajstić information content (AvgIpc) is 2.76. The maximum absolute atomic E-state index is 11.9. The maximum Gasteiger partial charge on any atom is 0.407 e. The number of halogens is 1. The number of hydrogen-bond acceptors (Lipinski definition) is 3. The molecule has 0 bridgehead atoms. The Bertz CT molecular complexity index is 463. The topological polar surface area (TPSA) is 69.6 Å². The molecule has 1 unspecified atom stereocenters. The summed E-state index contributed by atoms with van der Waals surface area (Å²) in [6.07, 6.45) is 0.630. The van der Waals surface area contributed by atoms with Crippen LogP contribution in [0.1, 0.15) is 22.5 Å². The van der Waals surface area contributed by atoms with Gasteiger partial charge in [0.25, 0.3) is 5.91 Å². The zero-order valence-electron chi connectivity index (χ0n) is 9.56. The second-order valence-electron chi connectivity index (χ2n) is 4.14. The van der Waals surface area contributed by atoms with Gasteiger partial charge in [0.1, 0.15) is 0 Å². The minimum Gasteiger partial charge on any atom is -0.465 e. The number of hydrogen-bond donors (Lipinski definition) is 2. The molecule has 1 aliphatic heterocycles. The largest absolute Gasteiger partial charge is 0.465 e. The summed E-state index contributed by atoms with van der Waals surface area (Å²) in [5.74, 6) is -0.191. The van der Waals surface area contributed by atoms with E-state index in [-0.39, 0.29) is 11.9 Å². The van der Waals surface area contributed by atoms with Crippen LogP contribution >= 0.6 is 22.9 Å². The predicted octanol–water partition coefficient (Wildman–Crippen LogP) is 2.27. The predicted molar refractivity (Wildman–Crippen MR) is 69.4 cm³/mol. The molecule has 2 heterocycles. The monoisotopic (exact) mass is 288 g/mol. The Morgan fingerprint density at radius 2 is 2.28 bits per heavy atom. The summed E-state index contributed by atoms with van der Waals surface area (Å²) >= 11 is 6.98. The Labute approximate surface area is 113 Å². The van der Waals surface area contributed by atoms with Crippen molar-refractivity contribution in [3.05, 3.63) is 21.3 Å². The van der Waals surface area contributed by atoms with Crippen molar-refractivity contribution in [1.29, 1.82) is 0 Å². The molecule has 5 nitrogen and oxygen atoms in total. The van der Waals surface area contributed by atoms with Crippen LogP contribution in [0.15, 0.2) is 12.1 Å². The van der Waals surface area contributed by atoms with Gasteiger partial charge in [-0.25, -0.2) is 4.79 Å². The molecule has 0 aromatic carbocycles. The summed E-state index contributed by atoms with van der Waals surface area (Å²) in [4.78, 5) is 24.6. The van der Waals surface area contributed by atoms with E-state index in [1.807, 2.05) is 0 Å². The number of thiophene rings is 1. The molecule has 2 rings (SSSR count). The lowest BCUT2D eigenvalue weighted by atomic mass is 10.1. The highest BCUT2D eigenvalue weighted by Crippen LogP contribution is 2.21. The number of rotatable bonds is 2. The van der Waals surface area contributed by atoms with E-state index in [9.17, 15) is 9.59 Å². The highest BCUT2D eigenvalue weighted by molar-refractivity contribution is 7.17. The van der Waals surface area contributed by atoms with Crippen molar-refractivity contribution in [3.63, 3.8) is 0 Å². The molecule has 1 aromatic rings. The summed E-state index contributed by atoms with van der Waals surface area (Å²) in [5.41, 5.74) is 0. The van der Waals surface area contributed by atoms with Crippen molar-refractivity contribution < 1.29 is 14.7 Å². The fourth-order valence-corrected chi connectivity index (χ4v) is 2.91. The van der Waals surface area contributed by atoms with Crippen LogP contribution in [0, 0.1) is 0 Å². The van der Waals surface area contributed by atoms with Gasteiger partial charge >= 0.3 is 6.09 Å². The number of carbonyl (C=O) groups is 2. The molecular weight excluding hydrogens is 276 g/mol. The van der Waals surface area contributed by atoms with Gasteiger partial charge in [-0.05, 0) is 25.0 Å². The molecular formula is C11H13ClN2O3S. The molecule has 98 valence electrons. The second kappa shape index (κ2) is 5.58. The van der Waals surface area contributed by atoms with E-state index >= 15 is 0 Å². The van der Waals surface area contributed by atoms with E-state index in [1.165, 1.54) is 16.2 Å². The van der Waals surface area contributed by atoms with Gasteiger partial charge in [-0.3, -0.25) is 4.79 Å². The zero-order valence-corrected chi connectivity index (χ0v) is 11.1. The maximum atomic E-state index is 11.9. The fraction of sp³-hybridized carbons (Fsp3) is 0.455. The summed E-state index contributed by atoms with van der Waals surface area (Å²) in [6, 6.07) is 3.22.